The van der Waals surface area contributed by atoms with E-state index in [0.717, 1.165) is 12.3 Å². The number of aromatic nitrogens is 4. The standard InChI is InChI=1S/C11H11F2N5O/c1-6(10-17-15-5-18(10)2)16-11(19)7-3-4-14-9(13)8(7)12/h3-6H,1-2H3,(H,16,19). The van der Waals surface area contributed by atoms with Crippen LogP contribution in [0, 0.1) is 11.8 Å². The van der Waals surface area contributed by atoms with E-state index in [1.807, 2.05) is 0 Å². The topological polar surface area (TPSA) is 72.7 Å². The largest absolute Gasteiger partial charge is 0.342 e. The predicted octanol–water partition coefficient (Wildman–Crippen LogP) is 0.979. The van der Waals surface area contributed by atoms with E-state index in [-0.39, 0.29) is 0 Å². The van der Waals surface area contributed by atoms with Gasteiger partial charge in [-0.3, -0.25) is 4.79 Å². The van der Waals surface area contributed by atoms with E-state index in [1.54, 1.807) is 18.5 Å². The summed E-state index contributed by atoms with van der Waals surface area (Å²) in [7, 11) is 1.71. The summed E-state index contributed by atoms with van der Waals surface area (Å²) in [6, 6.07) is 0.618. The molecule has 1 atom stereocenters. The molecule has 0 aliphatic rings. The predicted molar refractivity (Wildman–Crippen MR) is 61.0 cm³/mol. The Morgan fingerprint density at radius 3 is 2.84 bits per heavy atom. The zero-order chi connectivity index (χ0) is 14.0. The van der Waals surface area contributed by atoms with Crippen molar-refractivity contribution in [2.75, 3.05) is 0 Å². The number of halogens is 2. The van der Waals surface area contributed by atoms with E-state index in [0.29, 0.717) is 5.82 Å². The van der Waals surface area contributed by atoms with Crippen LogP contribution in [0.3, 0.4) is 0 Å². The Morgan fingerprint density at radius 2 is 2.21 bits per heavy atom. The summed E-state index contributed by atoms with van der Waals surface area (Å²) in [6.07, 6.45) is 2.50. The Hall–Kier alpha value is -2.38. The van der Waals surface area contributed by atoms with Gasteiger partial charge in [-0.2, -0.15) is 4.39 Å². The molecule has 0 bridgehead atoms. The van der Waals surface area contributed by atoms with Crippen LogP contribution in [0.5, 0.6) is 0 Å². The molecule has 0 saturated carbocycles. The highest BCUT2D eigenvalue weighted by molar-refractivity contribution is 5.94. The van der Waals surface area contributed by atoms with E-state index in [1.165, 1.54) is 6.33 Å². The van der Waals surface area contributed by atoms with Crippen molar-refractivity contribution in [3.63, 3.8) is 0 Å². The second-order valence-electron chi connectivity index (χ2n) is 3.96. The highest BCUT2D eigenvalue weighted by atomic mass is 19.2. The quantitative estimate of drug-likeness (QED) is 0.841. The first kappa shape index (κ1) is 13.1. The molecule has 8 heteroatoms. The smallest absolute Gasteiger partial charge is 0.255 e. The van der Waals surface area contributed by atoms with E-state index >= 15 is 0 Å². The first-order valence-corrected chi connectivity index (χ1v) is 5.45. The molecule has 0 aliphatic heterocycles. The lowest BCUT2D eigenvalue weighted by Gasteiger charge is -2.13. The maximum atomic E-state index is 13.4. The summed E-state index contributed by atoms with van der Waals surface area (Å²) in [5.74, 6) is -2.82. The number of amides is 1. The molecule has 19 heavy (non-hydrogen) atoms. The van der Waals surface area contributed by atoms with Gasteiger partial charge in [-0.25, -0.2) is 9.37 Å². The minimum absolute atomic E-state index is 0.401. The van der Waals surface area contributed by atoms with Gasteiger partial charge in [0, 0.05) is 13.2 Å². The SMILES string of the molecule is CC(NC(=O)c1ccnc(F)c1F)c1nncn1C. The lowest BCUT2D eigenvalue weighted by molar-refractivity contribution is 0.0932. The van der Waals surface area contributed by atoms with E-state index in [9.17, 15) is 13.6 Å². The number of aryl methyl sites for hydroxylation is 1. The van der Waals surface area contributed by atoms with E-state index in [2.05, 4.69) is 20.5 Å². The van der Waals surface area contributed by atoms with Crippen molar-refractivity contribution >= 4 is 5.91 Å². The van der Waals surface area contributed by atoms with Crippen molar-refractivity contribution in [1.29, 1.82) is 0 Å². The third-order valence-electron chi connectivity index (χ3n) is 2.57. The summed E-state index contributed by atoms with van der Waals surface area (Å²) < 4.78 is 27.9. The molecule has 1 N–H and O–H groups in total. The van der Waals surface area contributed by atoms with Crippen LogP contribution in [-0.2, 0) is 7.05 Å². The first-order chi connectivity index (χ1) is 9.00. The van der Waals surface area contributed by atoms with Crippen molar-refractivity contribution in [2.24, 2.45) is 7.05 Å². The zero-order valence-corrected chi connectivity index (χ0v) is 10.3. The van der Waals surface area contributed by atoms with Crippen LogP contribution in [-0.4, -0.2) is 25.7 Å². The first-order valence-electron chi connectivity index (χ1n) is 5.45. The molecule has 6 nitrogen and oxygen atoms in total. The maximum absolute atomic E-state index is 13.4. The van der Waals surface area contributed by atoms with Gasteiger partial charge in [0.25, 0.3) is 5.91 Å². The summed E-state index contributed by atoms with van der Waals surface area (Å²) >= 11 is 0. The van der Waals surface area contributed by atoms with Crippen LogP contribution < -0.4 is 5.32 Å². The normalized spacial score (nSPS) is 12.2. The number of nitrogens with one attached hydrogen (secondary N) is 1. The van der Waals surface area contributed by atoms with Gasteiger partial charge in [0.2, 0.25) is 5.95 Å². The number of nitrogens with zero attached hydrogens (tertiary/aromatic N) is 4. The average molecular weight is 267 g/mol. The summed E-state index contributed by atoms with van der Waals surface area (Å²) in [5.41, 5.74) is -0.401. The Morgan fingerprint density at radius 1 is 1.47 bits per heavy atom. The minimum atomic E-state index is -1.31. The third-order valence-corrected chi connectivity index (χ3v) is 2.57. The molecular formula is C11H11F2N5O. The molecule has 2 aromatic heterocycles. The lowest BCUT2D eigenvalue weighted by atomic mass is 10.2. The zero-order valence-electron chi connectivity index (χ0n) is 10.3. The summed E-state index contributed by atoms with van der Waals surface area (Å²) in [5, 5.41) is 10.0. The molecule has 2 heterocycles. The number of pyridine rings is 1. The molecule has 0 radical (unpaired) electrons. The van der Waals surface area contributed by atoms with Crippen molar-refractivity contribution in [2.45, 2.75) is 13.0 Å². The second-order valence-corrected chi connectivity index (χ2v) is 3.96. The van der Waals surface area contributed by atoms with Crippen LogP contribution in [0.1, 0.15) is 29.1 Å². The Balaban J connectivity index is 2.18. The number of rotatable bonds is 3. The van der Waals surface area contributed by atoms with Gasteiger partial charge in [-0.05, 0) is 13.0 Å². The molecule has 0 saturated heterocycles. The fourth-order valence-corrected chi connectivity index (χ4v) is 1.62. The van der Waals surface area contributed by atoms with Gasteiger partial charge in [0.1, 0.15) is 6.33 Å². The van der Waals surface area contributed by atoms with Crippen LogP contribution >= 0.6 is 0 Å². The van der Waals surface area contributed by atoms with Crippen molar-refractivity contribution in [3.8, 4) is 0 Å². The van der Waals surface area contributed by atoms with Crippen LogP contribution in [0.4, 0.5) is 8.78 Å². The highest BCUT2D eigenvalue weighted by Gasteiger charge is 2.20. The van der Waals surface area contributed by atoms with Gasteiger partial charge in [-0.15, -0.1) is 10.2 Å². The summed E-state index contributed by atoms with van der Waals surface area (Å²) in [4.78, 5) is 14.9. The van der Waals surface area contributed by atoms with Crippen LogP contribution in [0.25, 0.3) is 0 Å². The van der Waals surface area contributed by atoms with Crippen LogP contribution in [0.15, 0.2) is 18.6 Å². The molecule has 100 valence electrons. The Labute approximate surface area is 107 Å². The molecule has 0 aromatic carbocycles. The molecule has 1 amide bonds. The second kappa shape index (κ2) is 5.09. The van der Waals surface area contributed by atoms with E-state index in [4.69, 9.17) is 0 Å². The fourth-order valence-electron chi connectivity index (χ4n) is 1.62. The highest BCUT2D eigenvalue weighted by Crippen LogP contribution is 2.12. The molecular weight excluding hydrogens is 256 g/mol. The molecule has 1 unspecified atom stereocenters. The van der Waals surface area contributed by atoms with Crippen molar-refractivity contribution in [3.05, 3.63) is 41.7 Å². The molecule has 2 rings (SSSR count). The van der Waals surface area contributed by atoms with Gasteiger partial charge < -0.3 is 9.88 Å². The van der Waals surface area contributed by atoms with Gasteiger partial charge in [-0.1, -0.05) is 0 Å². The molecule has 0 spiro atoms. The fraction of sp³-hybridized carbons (Fsp3) is 0.273. The Kier molecular flexibility index (Phi) is 3.50. The number of carbonyl (C=O) groups is 1. The minimum Gasteiger partial charge on any atom is -0.342 e. The van der Waals surface area contributed by atoms with Gasteiger partial charge in [0.05, 0.1) is 11.6 Å². The van der Waals surface area contributed by atoms with Gasteiger partial charge in [0.15, 0.2) is 11.6 Å². The average Bonchev–Trinajstić information content (AvgIpc) is 2.79. The molecule has 0 fully saturated rings. The summed E-state index contributed by atoms with van der Waals surface area (Å²) in [6.45, 7) is 1.66. The monoisotopic (exact) mass is 267 g/mol. The number of carbonyl (C=O) groups excluding carboxylic acids is 1. The number of hydrogen-bond acceptors (Lipinski definition) is 4. The maximum Gasteiger partial charge on any atom is 0.255 e. The molecule has 2 aromatic rings. The lowest BCUT2D eigenvalue weighted by Crippen LogP contribution is -2.29. The third kappa shape index (κ3) is 2.56. The van der Waals surface area contributed by atoms with Crippen LogP contribution in [0.2, 0.25) is 0 Å². The van der Waals surface area contributed by atoms with Crippen molar-refractivity contribution < 1.29 is 13.6 Å². The molecule has 0 aliphatic carbocycles. The Bertz CT molecular complexity index is 613. The van der Waals surface area contributed by atoms with Gasteiger partial charge >= 0.3 is 0 Å². The van der Waals surface area contributed by atoms with E-state index < -0.39 is 29.3 Å². The number of hydrogen-bond donors (Lipinski definition) is 1. The van der Waals surface area contributed by atoms with Crippen molar-refractivity contribution in [1.82, 2.24) is 25.1 Å².